The number of aromatic hydroxyl groups is 4. The van der Waals surface area contributed by atoms with E-state index >= 15 is 0 Å². The molecule has 16 nitrogen and oxygen atoms in total. The minimum absolute atomic E-state index is 0.0966. The van der Waals surface area contributed by atoms with Crippen molar-refractivity contribution in [3.63, 3.8) is 0 Å². The summed E-state index contributed by atoms with van der Waals surface area (Å²) >= 11 is 0. The first kappa shape index (κ1) is 83.0. The standard InChI is InChI=1S/C100H116O16/c1-93(2,3)61-41-69-85(101)70(42-61)110-78-50-66(98(16,17)18)52-80-90(78)106-38-34-58-27-31-60(32-28-58)36-40-108-92-82-54-68(100(22,23)24)56-84(92)116-76-48-64(96(10,11)12)47-75(88(76)104)115-83-55-67(99(19,20)21)53-81(113-73-45-63(95(7,8)9)46-74(114-82)87(73)103)91(83)107-39-35-59-29-25-57(26-30-59)33-37-105-89-77(109-69)49-65(97(13,14)15)51-79(89)111-71-43-62(94(4,5)6)44-72(112-80)86(71)102/h25-32,41-56,101-104H,33-40H2,1-24H3. The van der Waals surface area contributed by atoms with Gasteiger partial charge in [0.25, 0.3) is 0 Å². The number of hydrogen-bond donors (Lipinski definition) is 4. The monoisotopic (exact) mass is 1570 g/mol. The van der Waals surface area contributed by atoms with Crippen LogP contribution in [0.25, 0.3) is 0 Å². The first-order chi connectivity index (χ1) is 54.1. The Morgan fingerprint density at radius 3 is 0.405 bits per heavy atom. The van der Waals surface area contributed by atoms with E-state index in [-0.39, 0.29) is 164 Å². The minimum Gasteiger partial charge on any atom is -0.502 e. The molecule has 0 aliphatic carbocycles. The molecule has 0 saturated heterocycles. The van der Waals surface area contributed by atoms with Crippen molar-refractivity contribution in [2.45, 2.75) is 235 Å². The van der Waals surface area contributed by atoms with Gasteiger partial charge in [-0.15, -0.1) is 0 Å². The molecule has 4 N–H and O–H groups in total. The van der Waals surface area contributed by atoms with Crippen LogP contribution in [0.1, 0.15) is 233 Å². The zero-order valence-corrected chi connectivity index (χ0v) is 72.2. The molecule has 116 heavy (non-hydrogen) atoms. The van der Waals surface area contributed by atoms with Crippen LogP contribution in [-0.2, 0) is 69.0 Å². The van der Waals surface area contributed by atoms with Gasteiger partial charge in [0, 0.05) is 25.7 Å². The van der Waals surface area contributed by atoms with Gasteiger partial charge in [-0.1, -0.05) is 215 Å². The fraction of sp³-hybridized carbons (Fsp3) is 0.400. The highest BCUT2D eigenvalue weighted by atomic mass is 16.6. The summed E-state index contributed by atoms with van der Waals surface area (Å²) < 4.78 is 85.0. The predicted molar refractivity (Wildman–Crippen MR) is 458 cm³/mol. The quantitative estimate of drug-likeness (QED) is 0.112. The average molecular weight is 1570 g/mol. The molecule has 16 heteroatoms. The fourth-order valence-corrected chi connectivity index (χ4v) is 13.7. The molecule has 10 aromatic rings. The van der Waals surface area contributed by atoms with Gasteiger partial charge in [0.1, 0.15) is 0 Å². The Bertz CT molecular complexity index is 4500. The number of rotatable bonds is 0. The lowest BCUT2D eigenvalue weighted by Crippen LogP contribution is -2.14. The molecule has 0 atom stereocenters. The van der Waals surface area contributed by atoms with Crippen molar-refractivity contribution in [3.05, 3.63) is 212 Å². The number of phenolic OH excluding ortho intramolecular Hbond substituents is 4. The van der Waals surface area contributed by atoms with Crippen molar-refractivity contribution in [2.75, 3.05) is 26.4 Å². The van der Waals surface area contributed by atoms with Gasteiger partial charge in [-0.3, -0.25) is 0 Å². The molecule has 10 aromatic carbocycles. The average Bonchev–Trinajstić information content (AvgIpc) is 0.764. The molecule has 0 aromatic heterocycles. The van der Waals surface area contributed by atoms with E-state index < -0.39 is 43.3 Å². The van der Waals surface area contributed by atoms with Gasteiger partial charge in [-0.25, -0.2) is 0 Å². The van der Waals surface area contributed by atoms with Crippen molar-refractivity contribution in [1.82, 2.24) is 0 Å². The van der Waals surface area contributed by atoms with Crippen molar-refractivity contribution in [1.29, 1.82) is 0 Å². The molecule has 0 unspecified atom stereocenters. The maximum absolute atomic E-state index is 12.9. The topological polar surface area (TPSA) is 192 Å². The SMILES string of the molecule is CC(C)(C)c1cc2c(O)c(c1)Oc1cc(C(C)(C)C)cc3c1OCCc1ccc(cc1)CCOc1c4cc(C(C)(C)C)cc1Oc1cc(C(C)(C)C)cc(c1O)Oc1cc(C(C)(C)C)cc(c1OCCc1ccc(cc1)CCOc1c(cc(C(C)(C)C)cc1Oc1cc(C(C)(C)C)cc(c1O)O3)O2)Oc1cc(C(C)(C)C)cc(c1O)O4. The third kappa shape index (κ3) is 18.5. The Labute approximate surface area is 685 Å². The van der Waals surface area contributed by atoms with Gasteiger partial charge < -0.3 is 77.3 Å². The highest BCUT2D eigenvalue weighted by Crippen LogP contribution is 2.59. The van der Waals surface area contributed by atoms with Crippen molar-refractivity contribution in [2.24, 2.45) is 0 Å². The number of benzene rings is 10. The third-order valence-corrected chi connectivity index (χ3v) is 21.5. The van der Waals surface area contributed by atoms with E-state index in [1.54, 1.807) is 0 Å². The van der Waals surface area contributed by atoms with Gasteiger partial charge in [0.05, 0.1) is 26.4 Å². The molecule has 10 heterocycles. The van der Waals surface area contributed by atoms with Gasteiger partial charge in [-0.05, 0) is 207 Å². The second-order valence-electron chi connectivity index (χ2n) is 39.3. The van der Waals surface area contributed by atoms with Crippen molar-refractivity contribution in [3.8, 4) is 138 Å². The molecule has 0 radical (unpaired) electrons. The number of phenols is 4. The number of hydrogen-bond acceptors (Lipinski definition) is 16. The van der Waals surface area contributed by atoms with Crippen molar-refractivity contribution >= 4 is 0 Å². The van der Waals surface area contributed by atoms with Crippen LogP contribution in [-0.4, -0.2) is 46.9 Å². The van der Waals surface area contributed by atoms with Crippen LogP contribution >= 0.6 is 0 Å². The van der Waals surface area contributed by atoms with E-state index in [0.29, 0.717) is 25.7 Å². The highest BCUT2D eigenvalue weighted by Gasteiger charge is 2.36. The summed E-state index contributed by atoms with van der Waals surface area (Å²) in [5, 5.41) is 51.4. The summed E-state index contributed by atoms with van der Waals surface area (Å²) in [4.78, 5) is 0. The normalized spacial score (nSPS) is 14.6. The lowest BCUT2D eigenvalue weighted by atomic mass is 9.86. The summed E-state index contributed by atoms with van der Waals surface area (Å²) in [6.45, 7) is 50.7. The summed E-state index contributed by atoms with van der Waals surface area (Å²) in [6, 6.07) is 46.4. The Kier molecular flexibility index (Phi) is 22.1. The van der Waals surface area contributed by atoms with Crippen LogP contribution < -0.4 is 56.8 Å². The Morgan fingerprint density at radius 2 is 0.293 bits per heavy atom. The molecular formula is C100H116O16. The number of ether oxygens (including phenoxy) is 12. The Hall–Kier alpha value is -11.0. The first-order valence-electron chi connectivity index (χ1n) is 40.4. The third-order valence-electron chi connectivity index (χ3n) is 21.5. The summed E-state index contributed by atoms with van der Waals surface area (Å²) in [7, 11) is 0. The Morgan fingerprint density at radius 1 is 0.181 bits per heavy atom. The molecule has 0 saturated carbocycles. The lowest BCUT2D eigenvalue weighted by molar-refractivity contribution is 0.278. The highest BCUT2D eigenvalue weighted by molar-refractivity contribution is 5.69. The maximum atomic E-state index is 12.9. The zero-order chi connectivity index (χ0) is 83.9. The van der Waals surface area contributed by atoms with Gasteiger partial charge in [0.2, 0.25) is 46.0 Å². The van der Waals surface area contributed by atoms with E-state index in [1.807, 2.05) is 97.1 Å². The summed E-state index contributed by atoms with van der Waals surface area (Å²) in [5.74, 6) is 2.49. The van der Waals surface area contributed by atoms with E-state index in [0.717, 1.165) is 66.8 Å². The van der Waals surface area contributed by atoms with Gasteiger partial charge >= 0.3 is 0 Å². The van der Waals surface area contributed by atoms with Crippen molar-refractivity contribution < 1.29 is 77.3 Å². The van der Waals surface area contributed by atoms with Crippen LogP contribution in [0.4, 0.5) is 0 Å². The molecule has 24 bridgehead atoms. The predicted octanol–water partition coefficient (Wildman–Crippen LogP) is 26.7. The fourth-order valence-electron chi connectivity index (χ4n) is 13.7. The summed E-state index contributed by atoms with van der Waals surface area (Å²) in [5.41, 5.74) is 6.40. The van der Waals surface area contributed by atoms with Crippen LogP contribution in [0.15, 0.2) is 146 Å². The maximum Gasteiger partial charge on any atom is 0.204 e. The smallest absolute Gasteiger partial charge is 0.204 e. The van der Waals surface area contributed by atoms with Crippen LogP contribution in [0.3, 0.4) is 0 Å². The van der Waals surface area contributed by atoms with Crippen LogP contribution in [0.2, 0.25) is 0 Å². The van der Waals surface area contributed by atoms with Gasteiger partial charge in [0.15, 0.2) is 92.0 Å². The molecular weight excluding hydrogens is 1460 g/mol. The van der Waals surface area contributed by atoms with Crippen LogP contribution in [0, 0.1) is 0 Å². The molecule has 10 aliphatic heterocycles. The molecule has 0 fully saturated rings. The Balaban J connectivity index is 0.991. The van der Waals surface area contributed by atoms with E-state index in [9.17, 15) is 20.4 Å². The van der Waals surface area contributed by atoms with E-state index in [4.69, 9.17) is 56.8 Å². The molecule has 0 spiro atoms. The lowest BCUT2D eigenvalue weighted by Gasteiger charge is -2.28. The second kappa shape index (κ2) is 30.9. The second-order valence-corrected chi connectivity index (χ2v) is 39.3. The molecule has 20 rings (SSSR count). The van der Waals surface area contributed by atoms with E-state index in [2.05, 4.69) is 215 Å². The molecule has 612 valence electrons. The number of fused-ring (bicyclic) bond motifs is 2. The molecule has 10 aliphatic rings. The van der Waals surface area contributed by atoms with E-state index in [1.165, 1.54) is 0 Å². The van der Waals surface area contributed by atoms with Gasteiger partial charge in [-0.2, -0.15) is 0 Å². The molecule has 0 amide bonds. The largest absolute Gasteiger partial charge is 0.502 e. The zero-order valence-electron chi connectivity index (χ0n) is 72.2. The van der Waals surface area contributed by atoms with Crippen LogP contribution in [0.5, 0.6) is 138 Å². The minimum atomic E-state index is -0.488. The summed E-state index contributed by atoms with van der Waals surface area (Å²) in [6.07, 6.45) is 1.72. The first-order valence-corrected chi connectivity index (χ1v) is 40.4.